The zero-order valence-corrected chi connectivity index (χ0v) is 13.6. The summed E-state index contributed by atoms with van der Waals surface area (Å²) in [6, 6.07) is 21.2. The molecule has 0 unspecified atom stereocenters. The maximum atomic E-state index is 11.4. The van der Waals surface area contributed by atoms with Gasteiger partial charge in [0, 0.05) is 31.2 Å². The van der Waals surface area contributed by atoms with Crippen LogP contribution in [-0.2, 0) is 0 Å². The number of para-hydroxylation sites is 1. The lowest BCUT2D eigenvalue weighted by Gasteiger charge is -2.20. The highest BCUT2D eigenvalue weighted by Gasteiger charge is 2.23. The van der Waals surface area contributed by atoms with Gasteiger partial charge in [0.2, 0.25) is 0 Å². The van der Waals surface area contributed by atoms with Crippen LogP contribution in [0.3, 0.4) is 0 Å². The lowest BCUT2D eigenvalue weighted by molar-refractivity contribution is -0.384. The quantitative estimate of drug-likeness (QED) is 0.338. The molecule has 1 heterocycles. The van der Waals surface area contributed by atoms with Crippen molar-refractivity contribution < 1.29 is 4.92 Å². The Hall–Kier alpha value is -2.24. The third kappa shape index (κ3) is 2.52. The van der Waals surface area contributed by atoms with Crippen molar-refractivity contribution in [2.45, 2.75) is 19.6 Å². The van der Waals surface area contributed by atoms with E-state index in [4.69, 9.17) is 0 Å². The molecule has 0 saturated carbocycles. The molecule has 4 rings (SSSR count). The molecular weight excluding hydrogens is 326 g/mol. The maximum Gasteiger partial charge on any atom is 0.277 e. The van der Waals surface area contributed by atoms with Gasteiger partial charge in [0.25, 0.3) is 5.69 Å². The van der Waals surface area contributed by atoms with E-state index < -0.39 is 0 Å². The number of hydrogen-bond donors (Lipinski definition) is 0. The van der Waals surface area contributed by atoms with Crippen molar-refractivity contribution in [2.75, 3.05) is 0 Å². The van der Waals surface area contributed by atoms with Crippen molar-refractivity contribution in [1.82, 2.24) is 0 Å². The van der Waals surface area contributed by atoms with E-state index in [1.807, 2.05) is 36.4 Å². The number of nitrogens with zero attached hydrogens (tertiary/aromatic N) is 1. The molecule has 0 atom stereocenters. The van der Waals surface area contributed by atoms with Crippen molar-refractivity contribution in [1.29, 1.82) is 0 Å². The van der Waals surface area contributed by atoms with E-state index in [-0.39, 0.29) is 10.6 Å². The Morgan fingerprint density at radius 3 is 2.09 bits per heavy atom. The Morgan fingerprint density at radius 1 is 0.696 bits per heavy atom. The Bertz CT molecular complexity index is 924. The molecular formula is C18H11NO2S2. The van der Waals surface area contributed by atoms with Crippen LogP contribution in [0, 0.1) is 10.1 Å². The summed E-state index contributed by atoms with van der Waals surface area (Å²) in [5.74, 6) is 0. The summed E-state index contributed by atoms with van der Waals surface area (Å²) >= 11 is 3.40. The molecule has 0 spiro atoms. The second kappa shape index (κ2) is 5.76. The van der Waals surface area contributed by atoms with Crippen molar-refractivity contribution in [3.05, 3.63) is 76.8 Å². The number of benzene rings is 3. The van der Waals surface area contributed by atoms with Crippen LogP contribution in [-0.4, -0.2) is 4.92 Å². The minimum atomic E-state index is -0.316. The SMILES string of the molecule is O=[N+]([O-])c1ccccc1-c1cccc2c1Sc1ccccc1S2. The molecule has 0 amide bonds. The smallest absolute Gasteiger partial charge is 0.258 e. The standard InChI is InChI=1S/C18H11NO2S2/c20-19(21)14-8-2-1-6-12(14)13-7-5-11-17-18(13)23-16-10-4-3-9-15(16)22-17/h1-11H. The Kier molecular flexibility index (Phi) is 3.59. The summed E-state index contributed by atoms with van der Waals surface area (Å²) in [5, 5.41) is 11.4. The van der Waals surface area contributed by atoms with E-state index in [2.05, 4.69) is 18.2 Å². The van der Waals surface area contributed by atoms with Gasteiger partial charge in [0.1, 0.15) is 0 Å². The number of rotatable bonds is 2. The Morgan fingerprint density at radius 2 is 1.30 bits per heavy atom. The number of nitro groups is 1. The monoisotopic (exact) mass is 337 g/mol. The van der Waals surface area contributed by atoms with Gasteiger partial charge in [-0.2, -0.15) is 0 Å². The fourth-order valence-corrected chi connectivity index (χ4v) is 5.01. The zero-order chi connectivity index (χ0) is 15.8. The zero-order valence-electron chi connectivity index (χ0n) is 11.9. The molecule has 3 aromatic rings. The highest BCUT2D eigenvalue weighted by atomic mass is 32.2. The molecule has 5 heteroatoms. The van der Waals surface area contributed by atoms with Crippen LogP contribution in [0.25, 0.3) is 11.1 Å². The summed E-state index contributed by atoms with van der Waals surface area (Å²) in [6.45, 7) is 0. The van der Waals surface area contributed by atoms with Gasteiger partial charge in [-0.15, -0.1) is 0 Å². The van der Waals surface area contributed by atoms with Gasteiger partial charge in [-0.25, -0.2) is 0 Å². The van der Waals surface area contributed by atoms with E-state index >= 15 is 0 Å². The highest BCUT2D eigenvalue weighted by Crippen LogP contribution is 2.52. The van der Waals surface area contributed by atoms with Gasteiger partial charge >= 0.3 is 0 Å². The number of fused-ring (bicyclic) bond motifs is 2. The maximum absolute atomic E-state index is 11.4. The second-order valence-electron chi connectivity index (χ2n) is 5.06. The summed E-state index contributed by atoms with van der Waals surface area (Å²) < 4.78 is 0. The highest BCUT2D eigenvalue weighted by molar-refractivity contribution is 8.05. The fourth-order valence-electron chi connectivity index (χ4n) is 2.62. The van der Waals surface area contributed by atoms with Crippen molar-refractivity contribution >= 4 is 29.2 Å². The molecule has 0 radical (unpaired) electrons. The van der Waals surface area contributed by atoms with Gasteiger partial charge in [-0.05, 0) is 24.3 Å². The second-order valence-corrected chi connectivity index (χ2v) is 7.19. The average Bonchev–Trinajstić information content (AvgIpc) is 2.59. The molecule has 0 N–H and O–H groups in total. The molecule has 0 fully saturated rings. The molecule has 0 saturated heterocycles. The van der Waals surface area contributed by atoms with Gasteiger partial charge in [-0.3, -0.25) is 10.1 Å². The average molecular weight is 337 g/mol. The minimum absolute atomic E-state index is 0.144. The normalized spacial score (nSPS) is 12.3. The van der Waals surface area contributed by atoms with Crippen molar-refractivity contribution in [2.24, 2.45) is 0 Å². The fraction of sp³-hybridized carbons (Fsp3) is 0. The number of hydrogen-bond acceptors (Lipinski definition) is 4. The molecule has 1 aliphatic heterocycles. The van der Waals surface area contributed by atoms with Gasteiger partial charge < -0.3 is 0 Å². The molecule has 3 aromatic carbocycles. The van der Waals surface area contributed by atoms with E-state index in [1.54, 1.807) is 35.7 Å². The van der Waals surface area contributed by atoms with Crippen LogP contribution in [0.5, 0.6) is 0 Å². The minimum Gasteiger partial charge on any atom is -0.258 e. The lowest BCUT2D eigenvalue weighted by Crippen LogP contribution is -1.95. The lowest BCUT2D eigenvalue weighted by atomic mass is 10.0. The first-order valence-corrected chi connectivity index (χ1v) is 8.69. The van der Waals surface area contributed by atoms with Crippen LogP contribution in [0.1, 0.15) is 0 Å². The molecule has 3 nitrogen and oxygen atoms in total. The summed E-state index contributed by atoms with van der Waals surface area (Å²) in [4.78, 5) is 15.7. The largest absolute Gasteiger partial charge is 0.277 e. The summed E-state index contributed by atoms with van der Waals surface area (Å²) in [5.41, 5.74) is 1.73. The first-order chi connectivity index (χ1) is 11.2. The number of nitro benzene ring substituents is 1. The molecule has 23 heavy (non-hydrogen) atoms. The van der Waals surface area contributed by atoms with Crippen LogP contribution in [0.2, 0.25) is 0 Å². The van der Waals surface area contributed by atoms with Crippen LogP contribution in [0.15, 0.2) is 86.3 Å². The van der Waals surface area contributed by atoms with Crippen LogP contribution in [0.4, 0.5) is 5.69 Å². The molecule has 1 aliphatic rings. The first kappa shape index (κ1) is 14.4. The van der Waals surface area contributed by atoms with E-state index in [1.165, 1.54) is 9.79 Å². The molecule has 0 bridgehead atoms. The first-order valence-electron chi connectivity index (χ1n) is 7.05. The predicted octanol–water partition coefficient (Wildman–Crippen LogP) is 5.88. The third-order valence-corrected chi connectivity index (χ3v) is 6.27. The van der Waals surface area contributed by atoms with Crippen molar-refractivity contribution in [3.8, 4) is 11.1 Å². The Labute approximate surface area is 141 Å². The summed E-state index contributed by atoms with van der Waals surface area (Å²) in [6.07, 6.45) is 0. The van der Waals surface area contributed by atoms with Crippen LogP contribution < -0.4 is 0 Å². The molecule has 0 aliphatic carbocycles. The Balaban J connectivity index is 1.90. The van der Waals surface area contributed by atoms with Gasteiger partial charge in [0.05, 0.1) is 10.5 Å². The van der Waals surface area contributed by atoms with Crippen molar-refractivity contribution in [3.63, 3.8) is 0 Å². The van der Waals surface area contributed by atoms with E-state index in [9.17, 15) is 10.1 Å². The van der Waals surface area contributed by atoms with Gasteiger partial charge in [-0.1, -0.05) is 59.9 Å². The third-order valence-electron chi connectivity index (χ3n) is 3.65. The molecule has 0 aromatic heterocycles. The van der Waals surface area contributed by atoms with Crippen LogP contribution >= 0.6 is 23.5 Å². The van der Waals surface area contributed by atoms with E-state index in [0.29, 0.717) is 5.56 Å². The topological polar surface area (TPSA) is 43.1 Å². The van der Waals surface area contributed by atoms with Gasteiger partial charge in [0.15, 0.2) is 0 Å². The predicted molar refractivity (Wildman–Crippen MR) is 93.2 cm³/mol. The van der Waals surface area contributed by atoms with E-state index in [0.717, 1.165) is 15.4 Å². The molecule has 112 valence electrons. The summed E-state index contributed by atoms with van der Waals surface area (Å²) in [7, 11) is 0.